The van der Waals surface area contributed by atoms with Gasteiger partial charge in [0.25, 0.3) is 0 Å². The molecular formula is C12H24N2O3S. The largest absolute Gasteiger partial charge is 0.480 e. The van der Waals surface area contributed by atoms with Crippen LogP contribution in [0.25, 0.3) is 0 Å². The van der Waals surface area contributed by atoms with Crippen LogP contribution in [0, 0.1) is 0 Å². The van der Waals surface area contributed by atoms with Gasteiger partial charge in [-0.25, -0.2) is 4.79 Å². The first-order valence-corrected chi connectivity index (χ1v) is 7.60. The predicted molar refractivity (Wildman–Crippen MR) is 75.0 cm³/mol. The van der Waals surface area contributed by atoms with E-state index in [0.717, 1.165) is 25.1 Å². The molecule has 0 heterocycles. The summed E-state index contributed by atoms with van der Waals surface area (Å²) in [6.45, 7) is 3.20. The summed E-state index contributed by atoms with van der Waals surface area (Å²) < 4.78 is 0. The van der Waals surface area contributed by atoms with Crippen molar-refractivity contribution in [3.8, 4) is 0 Å². The summed E-state index contributed by atoms with van der Waals surface area (Å²) in [6.07, 6.45) is 4.50. The van der Waals surface area contributed by atoms with Gasteiger partial charge in [-0.2, -0.15) is 11.8 Å². The second-order valence-corrected chi connectivity index (χ2v) is 5.32. The smallest absolute Gasteiger partial charge is 0.326 e. The number of rotatable bonds is 10. The SMILES string of the molecule is CCCCN(C)CC(=O)NC(CCSC)C(=O)O. The van der Waals surface area contributed by atoms with Crippen molar-refractivity contribution in [3.05, 3.63) is 0 Å². The van der Waals surface area contributed by atoms with Crippen LogP contribution in [-0.4, -0.2) is 60.1 Å². The zero-order valence-electron chi connectivity index (χ0n) is 11.4. The number of hydrogen-bond acceptors (Lipinski definition) is 4. The highest BCUT2D eigenvalue weighted by Crippen LogP contribution is 2.01. The highest BCUT2D eigenvalue weighted by Gasteiger charge is 2.19. The molecule has 0 fully saturated rings. The first kappa shape index (κ1) is 17.2. The summed E-state index contributed by atoms with van der Waals surface area (Å²) in [5.74, 6) is -0.459. The van der Waals surface area contributed by atoms with Crippen LogP contribution >= 0.6 is 11.8 Å². The van der Waals surface area contributed by atoms with E-state index in [1.807, 2.05) is 18.2 Å². The maximum Gasteiger partial charge on any atom is 0.326 e. The summed E-state index contributed by atoms with van der Waals surface area (Å²) in [4.78, 5) is 24.5. The van der Waals surface area contributed by atoms with Crippen LogP contribution < -0.4 is 5.32 Å². The Bertz CT molecular complexity index is 262. The monoisotopic (exact) mass is 276 g/mol. The lowest BCUT2D eigenvalue weighted by Crippen LogP contribution is -2.45. The standard InChI is InChI=1S/C12H24N2O3S/c1-4-5-7-14(2)9-11(15)13-10(12(16)17)6-8-18-3/h10H,4-9H2,1-3H3,(H,13,15)(H,16,17). The summed E-state index contributed by atoms with van der Waals surface area (Å²) in [6, 6.07) is -0.774. The maximum absolute atomic E-state index is 11.7. The van der Waals surface area contributed by atoms with E-state index in [0.29, 0.717) is 6.42 Å². The van der Waals surface area contributed by atoms with Crippen molar-refractivity contribution in [1.82, 2.24) is 10.2 Å². The molecule has 2 N–H and O–H groups in total. The summed E-state index contributed by atoms with van der Waals surface area (Å²) in [5, 5.41) is 11.6. The molecule has 0 aliphatic rings. The van der Waals surface area contributed by atoms with Gasteiger partial charge in [-0.05, 0) is 38.4 Å². The van der Waals surface area contributed by atoms with Crippen LogP contribution in [-0.2, 0) is 9.59 Å². The Morgan fingerprint density at radius 1 is 1.44 bits per heavy atom. The van der Waals surface area contributed by atoms with Crippen molar-refractivity contribution in [2.24, 2.45) is 0 Å². The van der Waals surface area contributed by atoms with Crippen LogP contribution in [0.2, 0.25) is 0 Å². The molecule has 0 aromatic heterocycles. The van der Waals surface area contributed by atoms with E-state index in [9.17, 15) is 9.59 Å². The molecule has 0 spiro atoms. The Morgan fingerprint density at radius 3 is 2.61 bits per heavy atom. The fourth-order valence-electron chi connectivity index (χ4n) is 1.49. The molecule has 6 heteroatoms. The number of nitrogens with zero attached hydrogens (tertiary/aromatic N) is 1. The van der Waals surface area contributed by atoms with Crippen molar-refractivity contribution in [3.63, 3.8) is 0 Å². The third-order valence-corrected chi connectivity index (χ3v) is 3.19. The molecule has 18 heavy (non-hydrogen) atoms. The molecule has 0 aromatic rings. The Balaban J connectivity index is 4.04. The van der Waals surface area contributed by atoms with Gasteiger partial charge < -0.3 is 10.4 Å². The molecule has 0 aromatic carbocycles. The van der Waals surface area contributed by atoms with Gasteiger partial charge in [0.15, 0.2) is 0 Å². The predicted octanol–water partition coefficient (Wildman–Crippen LogP) is 1.04. The van der Waals surface area contributed by atoms with E-state index in [1.54, 1.807) is 11.8 Å². The topological polar surface area (TPSA) is 69.6 Å². The number of thioether (sulfide) groups is 1. The Morgan fingerprint density at radius 2 is 2.11 bits per heavy atom. The fraction of sp³-hybridized carbons (Fsp3) is 0.833. The molecular weight excluding hydrogens is 252 g/mol. The number of unbranched alkanes of at least 4 members (excludes halogenated alkanes) is 1. The average Bonchev–Trinajstić information content (AvgIpc) is 2.31. The average molecular weight is 276 g/mol. The Labute approximate surface area is 113 Å². The van der Waals surface area contributed by atoms with Crippen LogP contribution in [0.15, 0.2) is 0 Å². The molecule has 0 rings (SSSR count). The number of carbonyl (C=O) groups excluding carboxylic acids is 1. The second kappa shape index (κ2) is 10.2. The van der Waals surface area contributed by atoms with Crippen molar-refractivity contribution in [1.29, 1.82) is 0 Å². The third-order valence-electron chi connectivity index (χ3n) is 2.55. The minimum absolute atomic E-state index is 0.220. The van der Waals surface area contributed by atoms with Crippen molar-refractivity contribution < 1.29 is 14.7 Å². The molecule has 1 atom stereocenters. The number of aliphatic carboxylic acids is 1. The molecule has 5 nitrogen and oxygen atoms in total. The molecule has 1 amide bonds. The minimum atomic E-state index is -0.964. The normalized spacial score (nSPS) is 12.4. The lowest BCUT2D eigenvalue weighted by Gasteiger charge is -2.18. The molecule has 0 bridgehead atoms. The molecule has 0 saturated heterocycles. The van der Waals surface area contributed by atoms with Gasteiger partial charge in [-0.3, -0.25) is 9.69 Å². The van der Waals surface area contributed by atoms with E-state index >= 15 is 0 Å². The summed E-state index contributed by atoms with van der Waals surface area (Å²) in [5.41, 5.74) is 0. The van der Waals surface area contributed by atoms with Crippen LogP contribution in [0.4, 0.5) is 0 Å². The summed E-state index contributed by atoms with van der Waals surface area (Å²) in [7, 11) is 1.87. The molecule has 0 aliphatic carbocycles. The Hall–Kier alpha value is -0.750. The van der Waals surface area contributed by atoms with Crippen LogP contribution in [0.1, 0.15) is 26.2 Å². The van der Waals surface area contributed by atoms with Gasteiger partial charge in [-0.15, -0.1) is 0 Å². The Kier molecular flexibility index (Phi) is 9.77. The van der Waals surface area contributed by atoms with Gasteiger partial charge in [0.05, 0.1) is 6.54 Å². The zero-order valence-corrected chi connectivity index (χ0v) is 12.3. The molecule has 0 aliphatic heterocycles. The highest BCUT2D eigenvalue weighted by molar-refractivity contribution is 7.98. The van der Waals surface area contributed by atoms with Crippen LogP contribution in [0.3, 0.4) is 0 Å². The van der Waals surface area contributed by atoms with E-state index in [2.05, 4.69) is 12.2 Å². The number of amides is 1. The fourth-order valence-corrected chi connectivity index (χ4v) is 1.96. The van der Waals surface area contributed by atoms with E-state index < -0.39 is 12.0 Å². The van der Waals surface area contributed by atoms with Crippen LogP contribution in [0.5, 0.6) is 0 Å². The minimum Gasteiger partial charge on any atom is -0.480 e. The molecule has 106 valence electrons. The van der Waals surface area contributed by atoms with Crippen molar-refractivity contribution in [2.75, 3.05) is 32.1 Å². The quantitative estimate of drug-likeness (QED) is 0.624. The molecule has 0 radical (unpaired) electrons. The van der Waals surface area contributed by atoms with Gasteiger partial charge in [-0.1, -0.05) is 13.3 Å². The highest BCUT2D eigenvalue weighted by atomic mass is 32.2. The van der Waals surface area contributed by atoms with Gasteiger partial charge >= 0.3 is 5.97 Å². The summed E-state index contributed by atoms with van der Waals surface area (Å²) >= 11 is 1.57. The number of hydrogen-bond donors (Lipinski definition) is 2. The van der Waals surface area contributed by atoms with Crippen molar-refractivity contribution in [2.45, 2.75) is 32.2 Å². The van der Waals surface area contributed by atoms with Gasteiger partial charge in [0.2, 0.25) is 5.91 Å². The maximum atomic E-state index is 11.7. The lowest BCUT2D eigenvalue weighted by atomic mass is 10.2. The first-order valence-electron chi connectivity index (χ1n) is 6.20. The second-order valence-electron chi connectivity index (χ2n) is 4.33. The number of likely N-dealkylation sites (N-methyl/N-ethyl adjacent to an activating group) is 1. The van der Waals surface area contributed by atoms with E-state index in [4.69, 9.17) is 5.11 Å². The molecule has 0 saturated carbocycles. The van der Waals surface area contributed by atoms with Crippen molar-refractivity contribution >= 4 is 23.6 Å². The number of carboxylic acid groups (broad SMARTS) is 1. The van der Waals surface area contributed by atoms with Gasteiger partial charge in [0, 0.05) is 0 Å². The number of nitrogens with one attached hydrogen (secondary N) is 1. The third kappa shape index (κ3) is 8.36. The van der Waals surface area contributed by atoms with Gasteiger partial charge in [0.1, 0.15) is 6.04 Å². The number of carbonyl (C=O) groups is 2. The van der Waals surface area contributed by atoms with E-state index in [1.165, 1.54) is 0 Å². The lowest BCUT2D eigenvalue weighted by molar-refractivity contribution is -0.142. The zero-order chi connectivity index (χ0) is 14.0. The van der Waals surface area contributed by atoms with E-state index in [-0.39, 0.29) is 12.5 Å². The first-order chi connectivity index (χ1) is 8.51. The number of carboxylic acids is 1. The molecule has 1 unspecified atom stereocenters.